The Morgan fingerprint density at radius 1 is 0.867 bits per heavy atom. The third kappa shape index (κ3) is 8.60. The second-order valence-electron chi connectivity index (χ2n) is 9.73. The SMILES string of the molecule is COc1cc(C2NC(=O)NC(C)=C2C(C)=O)ccc1OCC(=O)N/N=C/c1ccc(OCC(=O)Nc2ccccc2)c(OC)c1. The third-order valence-electron chi connectivity index (χ3n) is 6.54. The van der Waals surface area contributed by atoms with Crippen molar-refractivity contribution >= 4 is 35.5 Å². The number of hydrogen-bond donors (Lipinski definition) is 4. The van der Waals surface area contributed by atoms with E-state index in [4.69, 9.17) is 18.9 Å². The molecule has 4 amide bonds. The van der Waals surface area contributed by atoms with Crippen molar-refractivity contribution in [1.29, 1.82) is 0 Å². The van der Waals surface area contributed by atoms with Crippen molar-refractivity contribution in [3.63, 3.8) is 0 Å². The number of methoxy groups -OCH3 is 2. The van der Waals surface area contributed by atoms with E-state index >= 15 is 0 Å². The van der Waals surface area contributed by atoms with Gasteiger partial charge >= 0.3 is 6.03 Å². The summed E-state index contributed by atoms with van der Waals surface area (Å²) < 4.78 is 22.0. The summed E-state index contributed by atoms with van der Waals surface area (Å²) in [4.78, 5) is 48.9. The van der Waals surface area contributed by atoms with E-state index < -0.39 is 18.0 Å². The predicted molar refractivity (Wildman–Crippen MR) is 166 cm³/mol. The van der Waals surface area contributed by atoms with E-state index in [-0.39, 0.29) is 30.7 Å². The number of nitrogens with zero attached hydrogens (tertiary/aromatic N) is 1. The van der Waals surface area contributed by atoms with Gasteiger partial charge in [-0.1, -0.05) is 24.3 Å². The Morgan fingerprint density at radius 2 is 1.51 bits per heavy atom. The normalized spacial score (nSPS) is 14.2. The summed E-state index contributed by atoms with van der Waals surface area (Å²) in [7, 11) is 2.91. The molecule has 3 aromatic carbocycles. The highest BCUT2D eigenvalue weighted by Gasteiger charge is 2.29. The number of rotatable bonds is 13. The molecule has 0 aliphatic carbocycles. The second-order valence-corrected chi connectivity index (χ2v) is 9.73. The Hall–Kier alpha value is -5.85. The zero-order valence-electron chi connectivity index (χ0n) is 25.1. The number of carbonyl (C=O) groups is 4. The first-order chi connectivity index (χ1) is 21.7. The summed E-state index contributed by atoms with van der Waals surface area (Å²) in [5.41, 5.74) is 5.15. The first kappa shape index (κ1) is 32.1. The minimum atomic E-state index is -0.671. The molecule has 0 fully saturated rings. The van der Waals surface area contributed by atoms with E-state index in [2.05, 4.69) is 26.5 Å². The first-order valence-corrected chi connectivity index (χ1v) is 13.8. The third-order valence-corrected chi connectivity index (χ3v) is 6.54. The minimum Gasteiger partial charge on any atom is -0.493 e. The first-order valence-electron chi connectivity index (χ1n) is 13.8. The number of ketones is 1. The van der Waals surface area contributed by atoms with Gasteiger partial charge in [-0.25, -0.2) is 10.2 Å². The Kier molecular flexibility index (Phi) is 10.7. The fourth-order valence-corrected chi connectivity index (χ4v) is 4.49. The molecule has 4 rings (SSSR count). The summed E-state index contributed by atoms with van der Waals surface area (Å²) in [6.07, 6.45) is 1.41. The van der Waals surface area contributed by atoms with Crippen LogP contribution in [0.3, 0.4) is 0 Å². The number of allylic oxidation sites excluding steroid dienone is 1. The van der Waals surface area contributed by atoms with Crippen LogP contribution < -0.4 is 40.3 Å². The van der Waals surface area contributed by atoms with Crippen molar-refractivity contribution in [1.82, 2.24) is 16.1 Å². The molecule has 0 saturated carbocycles. The lowest BCUT2D eigenvalue weighted by Gasteiger charge is -2.28. The molecule has 0 spiro atoms. The second kappa shape index (κ2) is 15.0. The molecular weight excluding hydrogens is 582 g/mol. The van der Waals surface area contributed by atoms with E-state index in [0.717, 1.165) is 0 Å². The van der Waals surface area contributed by atoms with Gasteiger partial charge in [-0.15, -0.1) is 0 Å². The van der Waals surface area contributed by atoms with Crippen molar-refractivity contribution in [3.8, 4) is 23.0 Å². The van der Waals surface area contributed by atoms with E-state index in [1.807, 2.05) is 18.2 Å². The minimum absolute atomic E-state index is 0.187. The summed E-state index contributed by atoms with van der Waals surface area (Å²) in [5, 5.41) is 12.0. The van der Waals surface area contributed by atoms with E-state index in [9.17, 15) is 19.2 Å². The highest BCUT2D eigenvalue weighted by Crippen LogP contribution is 2.34. The molecule has 1 aliphatic rings. The van der Waals surface area contributed by atoms with Crippen LogP contribution in [0.1, 0.15) is 31.0 Å². The molecule has 4 N–H and O–H groups in total. The van der Waals surface area contributed by atoms with Gasteiger partial charge in [0.1, 0.15) is 0 Å². The van der Waals surface area contributed by atoms with Crippen molar-refractivity contribution in [2.75, 3.05) is 32.8 Å². The molecule has 0 aromatic heterocycles. The van der Waals surface area contributed by atoms with E-state index in [1.165, 1.54) is 27.4 Å². The number of para-hydroxylation sites is 1. The van der Waals surface area contributed by atoms with Crippen LogP contribution in [0.5, 0.6) is 23.0 Å². The molecule has 0 radical (unpaired) electrons. The molecule has 234 valence electrons. The Balaban J connectivity index is 1.31. The topological polar surface area (TPSA) is 166 Å². The van der Waals surface area contributed by atoms with E-state index in [1.54, 1.807) is 55.5 Å². The van der Waals surface area contributed by atoms with Gasteiger partial charge in [-0.3, -0.25) is 14.4 Å². The number of urea groups is 1. The lowest BCUT2D eigenvalue weighted by molar-refractivity contribution is -0.123. The molecular formula is C32H33N5O8. The molecule has 0 bridgehead atoms. The van der Waals surface area contributed by atoms with Crippen LogP contribution >= 0.6 is 0 Å². The van der Waals surface area contributed by atoms with E-state index in [0.29, 0.717) is 45.3 Å². The zero-order valence-corrected chi connectivity index (χ0v) is 25.1. The van der Waals surface area contributed by atoms with Crippen LogP contribution in [0.4, 0.5) is 10.5 Å². The maximum absolute atomic E-state index is 12.4. The van der Waals surface area contributed by atoms with Crippen molar-refractivity contribution < 1.29 is 38.1 Å². The maximum Gasteiger partial charge on any atom is 0.319 e. The number of Topliss-reactive ketones (excluding diaryl/α,β-unsaturated/α-hetero) is 1. The fourth-order valence-electron chi connectivity index (χ4n) is 4.49. The van der Waals surface area contributed by atoms with Crippen LogP contribution in [0.2, 0.25) is 0 Å². The number of nitrogens with one attached hydrogen (secondary N) is 4. The Labute approximate surface area is 259 Å². The lowest BCUT2D eigenvalue weighted by Crippen LogP contribution is -2.44. The van der Waals surface area contributed by atoms with Crippen molar-refractivity contribution in [3.05, 3.63) is 89.1 Å². The van der Waals surface area contributed by atoms with Gasteiger partial charge in [-0.05, 0) is 67.4 Å². The quantitative estimate of drug-likeness (QED) is 0.168. The van der Waals surface area contributed by atoms with Gasteiger partial charge in [0.2, 0.25) is 0 Å². The molecule has 13 nitrogen and oxygen atoms in total. The summed E-state index contributed by atoms with van der Waals surface area (Å²) >= 11 is 0. The molecule has 45 heavy (non-hydrogen) atoms. The monoisotopic (exact) mass is 615 g/mol. The predicted octanol–water partition coefficient (Wildman–Crippen LogP) is 3.47. The highest BCUT2D eigenvalue weighted by atomic mass is 16.5. The Bertz CT molecular complexity index is 1640. The number of amides is 4. The number of ether oxygens (including phenoxy) is 4. The molecule has 1 aliphatic heterocycles. The molecule has 0 saturated heterocycles. The number of anilines is 1. The largest absolute Gasteiger partial charge is 0.493 e. The number of benzene rings is 3. The van der Waals surface area contributed by atoms with Crippen LogP contribution in [-0.4, -0.2) is 57.3 Å². The van der Waals surface area contributed by atoms with Gasteiger partial charge in [-0.2, -0.15) is 5.10 Å². The van der Waals surface area contributed by atoms with Gasteiger partial charge in [0.15, 0.2) is 42.0 Å². The lowest BCUT2D eigenvalue weighted by atomic mass is 9.93. The average molecular weight is 616 g/mol. The molecule has 3 aromatic rings. The van der Waals surface area contributed by atoms with Crippen molar-refractivity contribution in [2.24, 2.45) is 5.10 Å². The maximum atomic E-state index is 12.4. The summed E-state index contributed by atoms with van der Waals surface area (Å²) in [6, 6.07) is 17.8. The fraction of sp³-hybridized carbons (Fsp3) is 0.219. The number of hydrazone groups is 1. The van der Waals surface area contributed by atoms with Gasteiger partial charge in [0.05, 0.1) is 26.5 Å². The van der Waals surface area contributed by atoms with Gasteiger partial charge < -0.3 is 34.9 Å². The standard InChI is InChI=1S/C32H33N5O8/c1-19-30(20(2)38)31(36-32(41)34-19)22-11-13-25(27(15-22)43-4)45-18-29(40)37-33-16-21-10-12-24(26(14-21)42-3)44-17-28(39)35-23-8-6-5-7-9-23/h5-16,31H,17-18H2,1-4H3,(H,35,39)(H,37,40)(H2,34,36,41)/b33-16+. The number of hydrogen-bond acceptors (Lipinski definition) is 9. The molecule has 1 heterocycles. The number of carbonyl (C=O) groups excluding carboxylic acids is 4. The summed E-state index contributed by atoms with van der Waals surface area (Å²) in [6.45, 7) is 2.51. The van der Waals surface area contributed by atoms with Crippen LogP contribution in [0.25, 0.3) is 0 Å². The summed E-state index contributed by atoms with van der Waals surface area (Å²) in [5.74, 6) is 0.289. The smallest absolute Gasteiger partial charge is 0.319 e. The Morgan fingerprint density at radius 3 is 2.18 bits per heavy atom. The van der Waals surface area contributed by atoms with Crippen LogP contribution in [-0.2, 0) is 14.4 Å². The average Bonchev–Trinajstić information content (AvgIpc) is 3.02. The van der Waals surface area contributed by atoms with Gasteiger partial charge in [0.25, 0.3) is 11.8 Å². The molecule has 13 heteroatoms. The molecule has 1 atom stereocenters. The van der Waals surface area contributed by atoms with Crippen LogP contribution in [0.15, 0.2) is 83.1 Å². The highest BCUT2D eigenvalue weighted by molar-refractivity contribution is 5.98. The van der Waals surface area contributed by atoms with Gasteiger partial charge in [0, 0.05) is 17.0 Å². The van der Waals surface area contributed by atoms with Crippen LogP contribution in [0, 0.1) is 0 Å². The van der Waals surface area contributed by atoms with Crippen molar-refractivity contribution in [2.45, 2.75) is 19.9 Å². The molecule has 1 unspecified atom stereocenters. The zero-order chi connectivity index (χ0) is 32.3.